The molecule has 0 fully saturated rings. The summed E-state index contributed by atoms with van der Waals surface area (Å²) in [6.45, 7) is 2.10. The van der Waals surface area contributed by atoms with Gasteiger partial charge in [0.25, 0.3) is 0 Å². The van der Waals surface area contributed by atoms with Gasteiger partial charge in [0.2, 0.25) is 0 Å². The van der Waals surface area contributed by atoms with Crippen molar-refractivity contribution in [3.8, 4) is 11.4 Å². The second kappa shape index (κ2) is 9.15. The van der Waals surface area contributed by atoms with Gasteiger partial charge >= 0.3 is 5.97 Å². The van der Waals surface area contributed by atoms with E-state index in [0.717, 1.165) is 22.5 Å². The molecule has 0 bridgehead atoms. The highest BCUT2D eigenvalue weighted by molar-refractivity contribution is 7.99. The summed E-state index contributed by atoms with van der Waals surface area (Å²) in [5.41, 5.74) is 3.58. The number of hydrogen-bond acceptors (Lipinski definition) is 6. The van der Waals surface area contributed by atoms with Gasteiger partial charge in [0.05, 0.1) is 23.3 Å². The van der Waals surface area contributed by atoms with E-state index in [1.165, 1.54) is 11.8 Å². The lowest BCUT2D eigenvalue weighted by Gasteiger charge is -2.08. The highest BCUT2D eigenvalue weighted by Crippen LogP contribution is 2.24. The molecule has 152 valence electrons. The summed E-state index contributed by atoms with van der Waals surface area (Å²) in [7, 11) is 0. The Balaban J connectivity index is 1.32. The van der Waals surface area contributed by atoms with E-state index in [4.69, 9.17) is 16.3 Å². The highest BCUT2D eigenvalue weighted by Gasteiger charge is 2.12. The molecular weight excluding hydrogens is 422 g/mol. The monoisotopic (exact) mass is 439 g/mol. The Labute approximate surface area is 182 Å². The first-order valence-electron chi connectivity index (χ1n) is 9.14. The number of aromatic nitrogens is 5. The molecule has 2 heterocycles. The van der Waals surface area contributed by atoms with Crippen molar-refractivity contribution in [1.82, 2.24) is 24.5 Å². The average Bonchev–Trinajstić information content (AvgIpc) is 3.43. The number of thioether (sulfide) groups is 1. The van der Waals surface area contributed by atoms with Crippen LogP contribution in [-0.2, 0) is 16.1 Å². The van der Waals surface area contributed by atoms with Gasteiger partial charge in [0, 0.05) is 16.8 Å². The van der Waals surface area contributed by atoms with Crippen LogP contribution in [0.5, 0.6) is 0 Å². The molecule has 2 aromatic heterocycles. The van der Waals surface area contributed by atoms with E-state index in [9.17, 15) is 4.79 Å². The number of ether oxygens (including phenoxy) is 1. The highest BCUT2D eigenvalue weighted by atomic mass is 35.5. The number of esters is 1. The van der Waals surface area contributed by atoms with E-state index in [-0.39, 0.29) is 18.3 Å². The predicted molar refractivity (Wildman–Crippen MR) is 115 cm³/mol. The van der Waals surface area contributed by atoms with Crippen LogP contribution in [0.15, 0.2) is 72.4 Å². The normalized spacial score (nSPS) is 10.9. The van der Waals surface area contributed by atoms with E-state index < -0.39 is 0 Å². The summed E-state index contributed by atoms with van der Waals surface area (Å²) < 4.78 is 8.89. The molecule has 4 rings (SSSR count). The van der Waals surface area contributed by atoms with Crippen molar-refractivity contribution in [2.45, 2.75) is 18.7 Å². The standard InChI is InChI=1S/C21H18ClN5O2S/c1-15-7-8-18(9-19(15)22)26-14-23-25-21(26)30-13-20(28)29-12-16-10-24-27(11-16)17-5-3-2-4-6-17/h2-11,14H,12-13H2,1H3. The summed E-state index contributed by atoms with van der Waals surface area (Å²) in [6.07, 6.45) is 5.12. The Morgan fingerprint density at radius 1 is 1.17 bits per heavy atom. The maximum atomic E-state index is 12.2. The summed E-state index contributed by atoms with van der Waals surface area (Å²) in [5.74, 6) is -0.227. The smallest absolute Gasteiger partial charge is 0.316 e. The quantitative estimate of drug-likeness (QED) is 0.316. The first-order valence-corrected chi connectivity index (χ1v) is 10.5. The van der Waals surface area contributed by atoms with Crippen molar-refractivity contribution in [2.75, 3.05) is 5.75 Å². The largest absolute Gasteiger partial charge is 0.460 e. The summed E-state index contributed by atoms with van der Waals surface area (Å²) in [5, 5.41) is 13.6. The molecule has 2 aromatic carbocycles. The maximum absolute atomic E-state index is 12.2. The number of rotatable bonds is 7. The third-order valence-electron chi connectivity index (χ3n) is 4.33. The minimum Gasteiger partial charge on any atom is -0.460 e. The molecular formula is C21H18ClN5O2S. The van der Waals surface area contributed by atoms with Crippen molar-refractivity contribution in [2.24, 2.45) is 0 Å². The Morgan fingerprint density at radius 2 is 2.00 bits per heavy atom. The molecule has 30 heavy (non-hydrogen) atoms. The van der Waals surface area contributed by atoms with Crippen LogP contribution in [0, 0.1) is 6.92 Å². The van der Waals surface area contributed by atoms with Gasteiger partial charge in [-0.1, -0.05) is 47.6 Å². The molecule has 0 saturated carbocycles. The third kappa shape index (κ3) is 4.72. The molecule has 0 amide bonds. The number of carbonyl (C=O) groups is 1. The first-order chi connectivity index (χ1) is 14.6. The molecule has 0 aliphatic heterocycles. The van der Waals surface area contributed by atoms with E-state index in [1.54, 1.807) is 21.8 Å². The van der Waals surface area contributed by atoms with Gasteiger partial charge in [-0.05, 0) is 36.8 Å². The molecule has 0 unspecified atom stereocenters. The van der Waals surface area contributed by atoms with Crippen LogP contribution in [0.3, 0.4) is 0 Å². The van der Waals surface area contributed by atoms with Crippen LogP contribution in [0.2, 0.25) is 5.02 Å². The third-order valence-corrected chi connectivity index (χ3v) is 5.65. The number of nitrogens with zero attached hydrogens (tertiary/aromatic N) is 5. The molecule has 0 radical (unpaired) electrons. The molecule has 0 aliphatic rings. The zero-order valence-corrected chi connectivity index (χ0v) is 17.7. The van der Waals surface area contributed by atoms with Crippen molar-refractivity contribution in [3.63, 3.8) is 0 Å². The lowest BCUT2D eigenvalue weighted by molar-refractivity contribution is -0.141. The van der Waals surface area contributed by atoms with Gasteiger partial charge in [-0.25, -0.2) is 4.68 Å². The summed E-state index contributed by atoms with van der Waals surface area (Å²) in [4.78, 5) is 12.2. The molecule has 4 aromatic rings. The van der Waals surface area contributed by atoms with Gasteiger partial charge in [0.15, 0.2) is 5.16 Å². The topological polar surface area (TPSA) is 74.8 Å². The van der Waals surface area contributed by atoms with Crippen molar-refractivity contribution in [1.29, 1.82) is 0 Å². The van der Waals surface area contributed by atoms with E-state index in [0.29, 0.717) is 10.2 Å². The fourth-order valence-electron chi connectivity index (χ4n) is 2.72. The summed E-state index contributed by atoms with van der Waals surface area (Å²) >= 11 is 7.46. The van der Waals surface area contributed by atoms with Gasteiger partial charge in [-0.2, -0.15) is 5.10 Å². The van der Waals surface area contributed by atoms with Gasteiger partial charge < -0.3 is 4.74 Å². The fraction of sp³-hybridized carbons (Fsp3) is 0.143. The van der Waals surface area contributed by atoms with Crippen LogP contribution in [-0.4, -0.2) is 36.3 Å². The lowest BCUT2D eigenvalue weighted by atomic mass is 10.2. The van der Waals surface area contributed by atoms with Crippen LogP contribution in [0.1, 0.15) is 11.1 Å². The number of hydrogen-bond donors (Lipinski definition) is 0. The fourth-order valence-corrected chi connectivity index (χ4v) is 3.62. The van der Waals surface area contributed by atoms with E-state index in [1.807, 2.05) is 61.7 Å². The number of benzene rings is 2. The number of para-hydroxylation sites is 1. The van der Waals surface area contributed by atoms with Gasteiger partial charge in [0.1, 0.15) is 12.9 Å². The van der Waals surface area contributed by atoms with Crippen LogP contribution in [0.25, 0.3) is 11.4 Å². The Kier molecular flexibility index (Phi) is 6.15. The molecule has 9 heteroatoms. The number of carbonyl (C=O) groups excluding carboxylic acids is 1. The Morgan fingerprint density at radius 3 is 2.80 bits per heavy atom. The second-order valence-corrected chi connectivity index (χ2v) is 7.84. The molecule has 0 spiro atoms. The SMILES string of the molecule is Cc1ccc(-n2cnnc2SCC(=O)OCc2cnn(-c3ccccc3)c2)cc1Cl. The lowest BCUT2D eigenvalue weighted by Crippen LogP contribution is -2.08. The zero-order valence-electron chi connectivity index (χ0n) is 16.1. The van der Waals surface area contributed by atoms with Crippen molar-refractivity contribution < 1.29 is 9.53 Å². The van der Waals surface area contributed by atoms with Crippen LogP contribution < -0.4 is 0 Å². The number of aryl methyl sites for hydroxylation is 1. The first kappa shape index (κ1) is 20.2. The zero-order chi connectivity index (χ0) is 20.9. The molecule has 7 nitrogen and oxygen atoms in total. The van der Waals surface area contributed by atoms with Crippen molar-refractivity contribution in [3.05, 3.63) is 83.4 Å². The van der Waals surface area contributed by atoms with Crippen LogP contribution in [0.4, 0.5) is 0 Å². The minimum absolute atomic E-state index is 0.116. The minimum atomic E-state index is -0.344. The number of halogens is 1. The van der Waals surface area contributed by atoms with E-state index >= 15 is 0 Å². The maximum Gasteiger partial charge on any atom is 0.316 e. The van der Waals surface area contributed by atoms with Gasteiger partial charge in [-0.3, -0.25) is 9.36 Å². The molecule has 0 atom stereocenters. The second-order valence-electron chi connectivity index (χ2n) is 6.50. The van der Waals surface area contributed by atoms with E-state index in [2.05, 4.69) is 15.3 Å². The molecule has 0 saturated heterocycles. The molecule has 0 aliphatic carbocycles. The Hall–Kier alpha value is -3.10. The average molecular weight is 440 g/mol. The van der Waals surface area contributed by atoms with Gasteiger partial charge in [-0.15, -0.1) is 10.2 Å². The predicted octanol–water partition coefficient (Wildman–Crippen LogP) is 4.25. The Bertz CT molecular complexity index is 1160. The van der Waals surface area contributed by atoms with Crippen molar-refractivity contribution >= 4 is 29.3 Å². The molecule has 0 N–H and O–H groups in total. The van der Waals surface area contributed by atoms with Crippen LogP contribution >= 0.6 is 23.4 Å². The summed E-state index contributed by atoms with van der Waals surface area (Å²) in [6, 6.07) is 15.4.